The highest BCUT2D eigenvalue weighted by molar-refractivity contribution is 5.16. The Balaban J connectivity index is 1.54. The van der Waals surface area contributed by atoms with Crippen molar-refractivity contribution < 1.29 is 0 Å². The van der Waals surface area contributed by atoms with Crippen LogP contribution in [0, 0.1) is 5.92 Å². The van der Waals surface area contributed by atoms with E-state index in [2.05, 4.69) is 47.5 Å². The van der Waals surface area contributed by atoms with Crippen molar-refractivity contribution in [3.63, 3.8) is 0 Å². The minimum Gasteiger partial charge on any atom is -0.311 e. The van der Waals surface area contributed by atoms with Gasteiger partial charge in [0.25, 0.3) is 0 Å². The summed E-state index contributed by atoms with van der Waals surface area (Å²) in [7, 11) is 0. The number of piperazine rings is 1. The molecule has 0 bridgehead atoms. The van der Waals surface area contributed by atoms with Gasteiger partial charge in [0.15, 0.2) is 0 Å². The monoisotopic (exact) mass is 286 g/mol. The molecule has 1 aromatic carbocycles. The summed E-state index contributed by atoms with van der Waals surface area (Å²) in [4.78, 5) is 2.78. The lowest BCUT2D eigenvalue weighted by atomic mass is 9.99. The molecular formula is C19H30N2. The van der Waals surface area contributed by atoms with Crippen LogP contribution >= 0.6 is 0 Å². The van der Waals surface area contributed by atoms with E-state index in [1.54, 1.807) is 0 Å². The normalized spacial score (nSPS) is 26.9. The lowest BCUT2D eigenvalue weighted by molar-refractivity contribution is 0.119. The number of hydrogen-bond acceptors (Lipinski definition) is 2. The van der Waals surface area contributed by atoms with Crippen LogP contribution < -0.4 is 5.32 Å². The zero-order chi connectivity index (χ0) is 14.5. The zero-order valence-electron chi connectivity index (χ0n) is 13.4. The molecule has 2 unspecified atom stereocenters. The van der Waals surface area contributed by atoms with Gasteiger partial charge in [-0.1, -0.05) is 56.5 Å². The predicted octanol–water partition coefficient (Wildman–Crippen LogP) is 3.47. The summed E-state index contributed by atoms with van der Waals surface area (Å²) in [6.45, 7) is 6.04. The Hall–Kier alpha value is -0.860. The number of hydrogen-bond donors (Lipinski definition) is 1. The molecular weight excluding hydrogens is 256 g/mol. The van der Waals surface area contributed by atoms with Crippen LogP contribution in [-0.2, 0) is 6.42 Å². The maximum absolute atomic E-state index is 3.79. The third-order valence-corrected chi connectivity index (χ3v) is 5.08. The molecule has 0 radical (unpaired) electrons. The van der Waals surface area contributed by atoms with Crippen LogP contribution in [0.25, 0.3) is 0 Å². The quantitative estimate of drug-likeness (QED) is 0.825. The van der Waals surface area contributed by atoms with E-state index in [4.69, 9.17) is 0 Å². The SMILES string of the molecule is CCCC1CNC(Cc2ccccc2)CN1CCC1CC1. The maximum Gasteiger partial charge on any atom is 0.0236 e. The van der Waals surface area contributed by atoms with Crippen molar-refractivity contribution in [1.82, 2.24) is 10.2 Å². The van der Waals surface area contributed by atoms with E-state index in [1.165, 1.54) is 63.7 Å². The van der Waals surface area contributed by atoms with E-state index in [9.17, 15) is 0 Å². The summed E-state index contributed by atoms with van der Waals surface area (Å²) in [5.74, 6) is 1.05. The Kier molecular flexibility index (Phi) is 5.32. The molecule has 2 aliphatic rings. The third kappa shape index (κ3) is 4.55. The molecule has 0 aromatic heterocycles. The van der Waals surface area contributed by atoms with Crippen LogP contribution in [0.5, 0.6) is 0 Å². The van der Waals surface area contributed by atoms with Gasteiger partial charge in [0.05, 0.1) is 0 Å². The second-order valence-corrected chi connectivity index (χ2v) is 6.96. The van der Waals surface area contributed by atoms with E-state index in [0.29, 0.717) is 6.04 Å². The minimum absolute atomic E-state index is 0.625. The summed E-state index contributed by atoms with van der Waals surface area (Å²) in [5, 5.41) is 3.79. The summed E-state index contributed by atoms with van der Waals surface area (Å²) < 4.78 is 0. The average Bonchev–Trinajstić information content (AvgIpc) is 3.33. The van der Waals surface area contributed by atoms with Gasteiger partial charge in [-0.2, -0.15) is 0 Å². The maximum atomic E-state index is 3.79. The van der Waals surface area contributed by atoms with E-state index < -0.39 is 0 Å². The third-order valence-electron chi connectivity index (χ3n) is 5.08. The van der Waals surface area contributed by atoms with E-state index >= 15 is 0 Å². The summed E-state index contributed by atoms with van der Waals surface area (Å²) in [6, 6.07) is 12.3. The fourth-order valence-electron chi connectivity index (χ4n) is 3.61. The number of benzene rings is 1. The Labute approximate surface area is 129 Å². The Morgan fingerprint density at radius 1 is 1.14 bits per heavy atom. The van der Waals surface area contributed by atoms with Crippen LogP contribution in [-0.4, -0.2) is 36.6 Å². The molecule has 21 heavy (non-hydrogen) atoms. The van der Waals surface area contributed by atoms with Gasteiger partial charge in [-0.05, 0) is 37.3 Å². The van der Waals surface area contributed by atoms with Gasteiger partial charge in [-0.3, -0.25) is 4.90 Å². The highest BCUT2D eigenvalue weighted by Gasteiger charge is 2.29. The van der Waals surface area contributed by atoms with Crippen LogP contribution in [0.4, 0.5) is 0 Å². The molecule has 0 spiro atoms. The second-order valence-electron chi connectivity index (χ2n) is 6.96. The highest BCUT2D eigenvalue weighted by atomic mass is 15.2. The molecule has 2 atom stereocenters. The molecule has 1 aromatic rings. The van der Waals surface area contributed by atoms with E-state index in [1.807, 2.05) is 0 Å². The first-order valence-corrected chi connectivity index (χ1v) is 8.86. The van der Waals surface area contributed by atoms with Gasteiger partial charge in [0.1, 0.15) is 0 Å². The zero-order valence-corrected chi connectivity index (χ0v) is 13.4. The minimum atomic E-state index is 0.625. The largest absolute Gasteiger partial charge is 0.311 e. The van der Waals surface area contributed by atoms with E-state index in [0.717, 1.165) is 12.0 Å². The van der Waals surface area contributed by atoms with Crippen molar-refractivity contribution >= 4 is 0 Å². The molecule has 0 amide bonds. The summed E-state index contributed by atoms with van der Waals surface area (Å²) in [6.07, 6.45) is 8.21. The van der Waals surface area contributed by atoms with Crippen LogP contribution in [0.3, 0.4) is 0 Å². The van der Waals surface area contributed by atoms with Crippen molar-refractivity contribution in [2.24, 2.45) is 5.92 Å². The van der Waals surface area contributed by atoms with Crippen molar-refractivity contribution in [2.45, 2.75) is 57.5 Å². The van der Waals surface area contributed by atoms with Gasteiger partial charge in [-0.25, -0.2) is 0 Å². The highest BCUT2D eigenvalue weighted by Crippen LogP contribution is 2.33. The number of nitrogens with zero attached hydrogens (tertiary/aromatic N) is 1. The Morgan fingerprint density at radius 3 is 2.67 bits per heavy atom. The van der Waals surface area contributed by atoms with Crippen molar-refractivity contribution in [3.05, 3.63) is 35.9 Å². The summed E-state index contributed by atoms with van der Waals surface area (Å²) >= 11 is 0. The average molecular weight is 286 g/mol. The Bertz CT molecular complexity index is 413. The smallest absolute Gasteiger partial charge is 0.0236 e. The first-order valence-electron chi connectivity index (χ1n) is 8.86. The lowest BCUT2D eigenvalue weighted by Crippen LogP contribution is -2.57. The molecule has 116 valence electrons. The molecule has 1 saturated heterocycles. The predicted molar refractivity (Wildman–Crippen MR) is 89.5 cm³/mol. The van der Waals surface area contributed by atoms with E-state index in [-0.39, 0.29) is 0 Å². The molecule has 3 rings (SSSR count). The number of rotatable bonds is 7. The van der Waals surface area contributed by atoms with Crippen molar-refractivity contribution in [2.75, 3.05) is 19.6 Å². The van der Waals surface area contributed by atoms with Gasteiger partial charge < -0.3 is 5.32 Å². The molecule has 1 heterocycles. The fourth-order valence-corrected chi connectivity index (χ4v) is 3.61. The first kappa shape index (κ1) is 15.1. The van der Waals surface area contributed by atoms with Crippen molar-refractivity contribution in [3.8, 4) is 0 Å². The molecule has 2 fully saturated rings. The lowest BCUT2D eigenvalue weighted by Gasteiger charge is -2.40. The van der Waals surface area contributed by atoms with Gasteiger partial charge in [-0.15, -0.1) is 0 Å². The fraction of sp³-hybridized carbons (Fsp3) is 0.684. The molecule has 2 heteroatoms. The molecule has 1 N–H and O–H groups in total. The topological polar surface area (TPSA) is 15.3 Å². The first-order chi connectivity index (χ1) is 10.3. The van der Waals surface area contributed by atoms with Crippen molar-refractivity contribution in [1.29, 1.82) is 0 Å². The van der Waals surface area contributed by atoms with Gasteiger partial charge in [0.2, 0.25) is 0 Å². The Morgan fingerprint density at radius 2 is 1.95 bits per heavy atom. The summed E-state index contributed by atoms with van der Waals surface area (Å²) in [5.41, 5.74) is 1.46. The molecule has 1 aliphatic heterocycles. The van der Waals surface area contributed by atoms with Crippen LogP contribution in [0.15, 0.2) is 30.3 Å². The van der Waals surface area contributed by atoms with Gasteiger partial charge in [0, 0.05) is 25.2 Å². The second kappa shape index (κ2) is 7.42. The molecule has 2 nitrogen and oxygen atoms in total. The van der Waals surface area contributed by atoms with Crippen LogP contribution in [0.1, 0.15) is 44.6 Å². The molecule has 1 saturated carbocycles. The van der Waals surface area contributed by atoms with Gasteiger partial charge >= 0.3 is 0 Å². The molecule has 1 aliphatic carbocycles. The van der Waals surface area contributed by atoms with Crippen LogP contribution in [0.2, 0.25) is 0 Å². The standard InChI is InChI=1S/C19H30N2/c1-2-6-19-14-20-18(13-17-7-4-3-5-8-17)15-21(19)12-11-16-9-10-16/h3-5,7-8,16,18-20H,2,6,9-15H2,1H3. The number of nitrogens with one attached hydrogen (secondary N) is 1.